The summed E-state index contributed by atoms with van der Waals surface area (Å²) >= 11 is 0. The Bertz CT molecular complexity index is 168. The molecule has 56 valence electrons. The maximum Gasteiger partial charge on any atom is 0.117 e. The third-order valence-corrected chi connectivity index (χ3v) is 1.90. The Hall–Kier alpha value is -0.990. The second-order valence-corrected chi connectivity index (χ2v) is 2.73. The van der Waals surface area contributed by atoms with Gasteiger partial charge in [0.2, 0.25) is 0 Å². The fourth-order valence-corrected chi connectivity index (χ4v) is 1.04. The van der Waals surface area contributed by atoms with Gasteiger partial charge in [0.15, 0.2) is 0 Å². The standard InChI is InChI=1S/C7H13N3/c8-6(4-7(9)10)5-2-1-3-5/h4-5H,1-3,8H2,(H3,9,10)/b6-4-. The van der Waals surface area contributed by atoms with Crippen LogP contribution in [0.4, 0.5) is 0 Å². The van der Waals surface area contributed by atoms with Gasteiger partial charge < -0.3 is 11.5 Å². The molecule has 3 heteroatoms. The topological polar surface area (TPSA) is 75.9 Å². The lowest BCUT2D eigenvalue weighted by Gasteiger charge is -2.25. The molecule has 0 unspecified atom stereocenters. The number of allylic oxidation sites excluding steroid dienone is 1. The second-order valence-electron chi connectivity index (χ2n) is 2.73. The Balaban J connectivity index is 2.45. The van der Waals surface area contributed by atoms with Gasteiger partial charge >= 0.3 is 0 Å². The van der Waals surface area contributed by atoms with Crippen LogP contribution in [0.5, 0.6) is 0 Å². The highest BCUT2D eigenvalue weighted by atomic mass is 14.7. The first kappa shape index (κ1) is 7.12. The average Bonchev–Trinajstić information content (AvgIpc) is 1.55. The quantitative estimate of drug-likeness (QED) is 0.386. The van der Waals surface area contributed by atoms with Gasteiger partial charge in [-0.05, 0) is 24.8 Å². The Morgan fingerprint density at radius 1 is 1.40 bits per heavy atom. The summed E-state index contributed by atoms with van der Waals surface area (Å²) in [5.74, 6) is 0.563. The van der Waals surface area contributed by atoms with E-state index in [4.69, 9.17) is 16.9 Å². The van der Waals surface area contributed by atoms with Crippen molar-refractivity contribution in [2.45, 2.75) is 19.3 Å². The van der Waals surface area contributed by atoms with Crippen molar-refractivity contribution in [2.24, 2.45) is 17.4 Å². The van der Waals surface area contributed by atoms with E-state index >= 15 is 0 Å². The third-order valence-electron chi connectivity index (χ3n) is 1.90. The first-order chi connectivity index (χ1) is 4.70. The third kappa shape index (κ3) is 1.50. The van der Waals surface area contributed by atoms with E-state index < -0.39 is 0 Å². The SMILES string of the molecule is N=C(N)/C=C(\N)C1CCC1. The van der Waals surface area contributed by atoms with Crippen LogP contribution in [0.2, 0.25) is 0 Å². The maximum atomic E-state index is 6.94. The largest absolute Gasteiger partial charge is 0.402 e. The zero-order valence-corrected chi connectivity index (χ0v) is 5.93. The molecule has 1 aliphatic rings. The van der Waals surface area contributed by atoms with Crippen LogP contribution in [-0.4, -0.2) is 5.84 Å². The predicted octanol–water partition coefficient (Wildman–Crippen LogP) is 0.565. The van der Waals surface area contributed by atoms with Gasteiger partial charge in [-0.25, -0.2) is 0 Å². The van der Waals surface area contributed by atoms with Gasteiger partial charge in [-0.1, -0.05) is 6.42 Å². The number of nitrogens with two attached hydrogens (primary N) is 2. The lowest BCUT2D eigenvalue weighted by Crippen LogP contribution is -2.21. The van der Waals surface area contributed by atoms with Crippen molar-refractivity contribution in [3.63, 3.8) is 0 Å². The van der Waals surface area contributed by atoms with Gasteiger partial charge in [-0.3, -0.25) is 5.41 Å². The Labute approximate surface area is 60.6 Å². The monoisotopic (exact) mass is 139 g/mol. The molecule has 0 aliphatic heterocycles. The molecule has 0 amide bonds. The van der Waals surface area contributed by atoms with Crippen molar-refractivity contribution < 1.29 is 0 Å². The summed E-state index contributed by atoms with van der Waals surface area (Å²) in [5, 5.41) is 6.94. The molecule has 0 aromatic rings. The van der Waals surface area contributed by atoms with E-state index in [1.54, 1.807) is 6.08 Å². The van der Waals surface area contributed by atoms with E-state index in [1.165, 1.54) is 6.42 Å². The minimum Gasteiger partial charge on any atom is -0.402 e. The molecule has 0 aromatic carbocycles. The zero-order chi connectivity index (χ0) is 7.56. The lowest BCUT2D eigenvalue weighted by atomic mass is 9.83. The molecular weight excluding hydrogens is 126 g/mol. The Morgan fingerprint density at radius 2 is 2.00 bits per heavy atom. The summed E-state index contributed by atoms with van der Waals surface area (Å²) < 4.78 is 0. The number of rotatable bonds is 2. The summed E-state index contributed by atoms with van der Waals surface area (Å²) in [6, 6.07) is 0. The highest BCUT2D eigenvalue weighted by Crippen LogP contribution is 2.30. The minimum absolute atomic E-state index is 0.0596. The van der Waals surface area contributed by atoms with E-state index in [9.17, 15) is 0 Å². The van der Waals surface area contributed by atoms with Crippen molar-refractivity contribution in [3.8, 4) is 0 Å². The molecule has 0 heterocycles. The van der Waals surface area contributed by atoms with Crippen LogP contribution in [0, 0.1) is 11.3 Å². The molecule has 0 bridgehead atoms. The smallest absolute Gasteiger partial charge is 0.117 e. The molecule has 1 saturated carbocycles. The molecule has 10 heavy (non-hydrogen) atoms. The van der Waals surface area contributed by atoms with Gasteiger partial charge in [0, 0.05) is 5.70 Å². The predicted molar refractivity (Wildman–Crippen MR) is 41.5 cm³/mol. The molecular formula is C7H13N3. The van der Waals surface area contributed by atoms with Crippen molar-refractivity contribution in [1.82, 2.24) is 0 Å². The Kier molecular flexibility index (Phi) is 1.94. The zero-order valence-electron chi connectivity index (χ0n) is 5.93. The van der Waals surface area contributed by atoms with Gasteiger partial charge in [0.1, 0.15) is 5.84 Å². The molecule has 3 nitrogen and oxygen atoms in total. The van der Waals surface area contributed by atoms with Crippen molar-refractivity contribution in [1.29, 1.82) is 5.41 Å². The molecule has 1 rings (SSSR count). The maximum absolute atomic E-state index is 6.94. The van der Waals surface area contributed by atoms with Crippen LogP contribution in [0.15, 0.2) is 11.8 Å². The molecule has 0 aromatic heterocycles. The highest BCUT2D eigenvalue weighted by molar-refractivity contribution is 5.89. The fraction of sp³-hybridized carbons (Fsp3) is 0.571. The molecule has 0 atom stereocenters. The number of nitrogens with one attached hydrogen (secondary N) is 1. The van der Waals surface area contributed by atoms with Crippen LogP contribution in [-0.2, 0) is 0 Å². The summed E-state index contributed by atoms with van der Waals surface area (Å²) in [7, 11) is 0. The number of hydrogen-bond donors (Lipinski definition) is 3. The van der Waals surface area contributed by atoms with Crippen LogP contribution >= 0.6 is 0 Å². The van der Waals surface area contributed by atoms with E-state index in [1.807, 2.05) is 0 Å². The summed E-state index contributed by atoms with van der Waals surface area (Å²) in [4.78, 5) is 0. The highest BCUT2D eigenvalue weighted by Gasteiger charge is 2.19. The normalized spacial score (nSPS) is 20.2. The minimum atomic E-state index is 0.0596. The van der Waals surface area contributed by atoms with Crippen LogP contribution in [0.3, 0.4) is 0 Å². The molecule has 5 N–H and O–H groups in total. The van der Waals surface area contributed by atoms with E-state index in [-0.39, 0.29) is 5.84 Å². The molecule has 0 radical (unpaired) electrons. The summed E-state index contributed by atoms with van der Waals surface area (Å²) in [5.41, 5.74) is 11.5. The second kappa shape index (κ2) is 2.73. The van der Waals surface area contributed by atoms with Gasteiger partial charge in [0.25, 0.3) is 0 Å². The molecule has 0 saturated heterocycles. The van der Waals surface area contributed by atoms with Crippen LogP contribution < -0.4 is 11.5 Å². The summed E-state index contributed by atoms with van der Waals surface area (Å²) in [6.07, 6.45) is 5.13. The van der Waals surface area contributed by atoms with Gasteiger partial charge in [-0.15, -0.1) is 0 Å². The van der Waals surface area contributed by atoms with Crippen LogP contribution in [0.25, 0.3) is 0 Å². The first-order valence-electron chi connectivity index (χ1n) is 3.51. The Morgan fingerprint density at radius 3 is 2.30 bits per heavy atom. The van der Waals surface area contributed by atoms with Crippen molar-refractivity contribution >= 4 is 5.84 Å². The summed E-state index contributed by atoms with van der Waals surface area (Å²) in [6.45, 7) is 0. The average molecular weight is 139 g/mol. The fourth-order valence-electron chi connectivity index (χ4n) is 1.04. The van der Waals surface area contributed by atoms with Crippen LogP contribution in [0.1, 0.15) is 19.3 Å². The molecule has 0 spiro atoms. The van der Waals surface area contributed by atoms with Crippen molar-refractivity contribution in [3.05, 3.63) is 11.8 Å². The van der Waals surface area contributed by atoms with Crippen molar-refractivity contribution in [2.75, 3.05) is 0 Å². The van der Waals surface area contributed by atoms with Gasteiger partial charge in [0.05, 0.1) is 0 Å². The van der Waals surface area contributed by atoms with Gasteiger partial charge in [-0.2, -0.15) is 0 Å². The molecule has 1 fully saturated rings. The number of amidine groups is 1. The van der Waals surface area contributed by atoms with E-state index in [0.717, 1.165) is 18.5 Å². The van der Waals surface area contributed by atoms with E-state index in [0.29, 0.717) is 5.92 Å². The number of hydrogen-bond acceptors (Lipinski definition) is 2. The van der Waals surface area contributed by atoms with E-state index in [2.05, 4.69) is 0 Å². The first-order valence-corrected chi connectivity index (χ1v) is 3.51. The molecule has 1 aliphatic carbocycles. The lowest BCUT2D eigenvalue weighted by molar-refractivity contribution is 0.365.